The van der Waals surface area contributed by atoms with Crippen LogP contribution < -0.4 is 5.73 Å². The van der Waals surface area contributed by atoms with E-state index in [4.69, 9.17) is 10.5 Å². The lowest BCUT2D eigenvalue weighted by atomic mass is 10.1. The van der Waals surface area contributed by atoms with E-state index in [1.165, 1.54) is 17.2 Å². The molecule has 21 heavy (non-hydrogen) atoms. The smallest absolute Gasteiger partial charge is 0.167 e. The van der Waals surface area contributed by atoms with Crippen LogP contribution in [-0.2, 0) is 9.53 Å². The highest BCUT2D eigenvalue weighted by Gasteiger charge is 2.46. The summed E-state index contributed by atoms with van der Waals surface area (Å²) in [6.45, 7) is 1.67. The van der Waals surface area contributed by atoms with E-state index >= 15 is 0 Å². The molecule has 9 nitrogen and oxygen atoms in total. The van der Waals surface area contributed by atoms with Crippen molar-refractivity contribution in [1.82, 2.24) is 19.5 Å². The minimum absolute atomic E-state index is 0.202. The highest BCUT2D eigenvalue weighted by Crippen LogP contribution is 2.32. The number of nitrogens with zero attached hydrogens (tertiary/aromatic N) is 4. The third kappa shape index (κ3) is 2.06. The molecule has 4 atom stereocenters. The van der Waals surface area contributed by atoms with Crippen LogP contribution in [0, 0.1) is 0 Å². The van der Waals surface area contributed by atoms with Gasteiger partial charge < -0.3 is 20.7 Å². The van der Waals surface area contributed by atoms with E-state index < -0.39 is 24.5 Å². The number of hydrogen-bond donors (Lipinski definition) is 3. The zero-order valence-corrected chi connectivity index (χ0v) is 11.2. The maximum absolute atomic E-state index is 11.7. The summed E-state index contributed by atoms with van der Waals surface area (Å²) in [6.07, 6.45) is -1.72. The first-order chi connectivity index (χ1) is 10.0. The molecule has 2 aromatic rings. The normalized spacial score (nSPS) is 29.1. The zero-order chi connectivity index (χ0) is 15.1. The Balaban J connectivity index is 2.00. The molecule has 0 aromatic carbocycles. The number of carbonyl (C=O) groups is 1. The number of fused-ring (bicyclic) bond motifs is 1. The van der Waals surface area contributed by atoms with Crippen LogP contribution >= 0.6 is 0 Å². The molecule has 9 heteroatoms. The number of aromatic nitrogens is 4. The fourth-order valence-corrected chi connectivity index (χ4v) is 2.41. The summed E-state index contributed by atoms with van der Waals surface area (Å²) >= 11 is 0. The molecule has 2 aromatic heterocycles. The number of anilines is 1. The van der Waals surface area contributed by atoms with Crippen molar-refractivity contribution in [3.63, 3.8) is 0 Å². The second-order valence-corrected chi connectivity index (χ2v) is 4.83. The first-order valence-corrected chi connectivity index (χ1v) is 6.52. The number of aliphatic hydroxyl groups excluding tert-OH is 2. The zero-order valence-electron chi connectivity index (χ0n) is 11.2. The molecule has 4 N–H and O–H groups in total. The summed E-state index contributed by atoms with van der Waals surface area (Å²) in [4.78, 5) is 23.7. The van der Waals surface area contributed by atoms with Crippen molar-refractivity contribution in [1.29, 1.82) is 0 Å². The van der Waals surface area contributed by atoms with Gasteiger partial charge in [0.2, 0.25) is 0 Å². The molecule has 112 valence electrons. The largest absolute Gasteiger partial charge is 0.387 e. The number of imidazole rings is 1. The van der Waals surface area contributed by atoms with E-state index in [0.29, 0.717) is 11.2 Å². The number of rotatable bonds is 3. The standard InChI is InChI=1S/C12H15N5O4/c1-2-5(18)9-7(19)8(20)12(21-9)17-4-16-6-10(13)14-3-15-11(6)17/h3-4,7-9,12,19-20H,2H2,1H3,(H2,13,14,15)/t7-,8?,9+,12+/m0/s1. The van der Waals surface area contributed by atoms with Crippen LogP contribution in [0.1, 0.15) is 19.6 Å². The Morgan fingerprint density at radius 2 is 2.14 bits per heavy atom. The van der Waals surface area contributed by atoms with Gasteiger partial charge >= 0.3 is 0 Å². The Morgan fingerprint density at radius 3 is 2.86 bits per heavy atom. The number of Topliss-reactive ketones (excluding diaryl/α,β-unsaturated/α-hetero) is 1. The van der Waals surface area contributed by atoms with Gasteiger partial charge in [-0.3, -0.25) is 9.36 Å². The third-order valence-electron chi connectivity index (χ3n) is 3.57. The molecule has 0 amide bonds. The fourth-order valence-electron chi connectivity index (χ4n) is 2.41. The molecule has 1 aliphatic heterocycles. The van der Waals surface area contributed by atoms with Gasteiger partial charge in [0.1, 0.15) is 30.2 Å². The Morgan fingerprint density at radius 1 is 1.38 bits per heavy atom. The van der Waals surface area contributed by atoms with E-state index in [-0.39, 0.29) is 18.0 Å². The number of ether oxygens (including phenoxy) is 1. The molecule has 3 heterocycles. The first kappa shape index (κ1) is 13.9. The predicted octanol–water partition coefficient (Wildman–Crippen LogP) is -0.993. The molecule has 1 unspecified atom stereocenters. The van der Waals surface area contributed by atoms with Gasteiger partial charge in [0.05, 0.1) is 6.33 Å². The summed E-state index contributed by atoms with van der Waals surface area (Å²) in [5.74, 6) is -0.0735. The lowest BCUT2D eigenvalue weighted by Gasteiger charge is -2.16. The van der Waals surface area contributed by atoms with E-state index in [1.54, 1.807) is 6.92 Å². The summed E-state index contributed by atoms with van der Waals surface area (Å²) in [5.41, 5.74) is 6.43. The number of carbonyl (C=O) groups excluding carboxylic acids is 1. The van der Waals surface area contributed by atoms with Crippen molar-refractivity contribution in [2.24, 2.45) is 0 Å². The molecule has 3 rings (SSSR count). The lowest BCUT2D eigenvalue weighted by molar-refractivity contribution is -0.135. The van der Waals surface area contributed by atoms with Crippen LogP contribution in [-0.4, -0.2) is 53.8 Å². The monoisotopic (exact) mass is 293 g/mol. The Bertz CT molecular complexity index is 687. The number of nitrogen functional groups attached to an aromatic ring is 1. The molecule has 1 aliphatic rings. The van der Waals surface area contributed by atoms with Gasteiger partial charge in [0, 0.05) is 6.42 Å². The van der Waals surface area contributed by atoms with Gasteiger partial charge in [0.25, 0.3) is 0 Å². The summed E-state index contributed by atoms with van der Waals surface area (Å²) < 4.78 is 6.94. The summed E-state index contributed by atoms with van der Waals surface area (Å²) in [5, 5.41) is 20.1. The van der Waals surface area contributed by atoms with Crippen molar-refractivity contribution < 1.29 is 19.7 Å². The number of nitrogens with two attached hydrogens (primary N) is 1. The van der Waals surface area contributed by atoms with Crippen molar-refractivity contribution >= 4 is 22.8 Å². The first-order valence-electron chi connectivity index (χ1n) is 6.52. The Labute approximate surface area is 119 Å². The molecule has 1 fully saturated rings. The Kier molecular flexibility index (Phi) is 3.32. The van der Waals surface area contributed by atoms with Gasteiger partial charge in [-0.1, -0.05) is 6.92 Å². The highest BCUT2D eigenvalue weighted by molar-refractivity contribution is 5.84. The lowest BCUT2D eigenvalue weighted by Crippen LogP contribution is -2.35. The third-order valence-corrected chi connectivity index (χ3v) is 3.57. The molecule has 0 spiro atoms. The minimum Gasteiger partial charge on any atom is -0.387 e. The van der Waals surface area contributed by atoms with E-state index in [0.717, 1.165) is 0 Å². The predicted molar refractivity (Wildman–Crippen MR) is 71.0 cm³/mol. The van der Waals surface area contributed by atoms with E-state index in [9.17, 15) is 15.0 Å². The molecule has 0 aliphatic carbocycles. The average molecular weight is 293 g/mol. The van der Waals surface area contributed by atoms with Crippen LogP contribution in [0.4, 0.5) is 5.82 Å². The quantitative estimate of drug-likeness (QED) is 0.656. The van der Waals surface area contributed by atoms with E-state index in [2.05, 4.69) is 15.0 Å². The molecule has 0 radical (unpaired) electrons. The van der Waals surface area contributed by atoms with Crippen molar-refractivity contribution in [2.75, 3.05) is 5.73 Å². The van der Waals surface area contributed by atoms with Gasteiger partial charge in [-0.05, 0) is 0 Å². The van der Waals surface area contributed by atoms with Crippen LogP contribution in [0.2, 0.25) is 0 Å². The van der Waals surface area contributed by atoms with Gasteiger partial charge in [-0.15, -0.1) is 0 Å². The molecular weight excluding hydrogens is 278 g/mol. The minimum atomic E-state index is -1.29. The fraction of sp³-hybridized carbons (Fsp3) is 0.500. The second-order valence-electron chi connectivity index (χ2n) is 4.83. The molecule has 1 saturated heterocycles. The van der Waals surface area contributed by atoms with Gasteiger partial charge in [0.15, 0.2) is 23.5 Å². The molecule has 0 bridgehead atoms. The Hall–Kier alpha value is -2.10. The van der Waals surface area contributed by atoms with Gasteiger partial charge in [-0.2, -0.15) is 0 Å². The van der Waals surface area contributed by atoms with Crippen LogP contribution in [0.5, 0.6) is 0 Å². The second kappa shape index (κ2) is 5.02. The summed E-state index contributed by atoms with van der Waals surface area (Å²) in [6, 6.07) is 0. The van der Waals surface area contributed by atoms with Gasteiger partial charge in [-0.25, -0.2) is 15.0 Å². The van der Waals surface area contributed by atoms with Crippen LogP contribution in [0.15, 0.2) is 12.7 Å². The van der Waals surface area contributed by atoms with Crippen molar-refractivity contribution in [3.8, 4) is 0 Å². The SMILES string of the molecule is CCC(=O)[C@H]1O[C@@H](n2cnc3c(N)ncnc32)C(O)[C@@H]1O. The maximum atomic E-state index is 11.7. The summed E-state index contributed by atoms with van der Waals surface area (Å²) in [7, 11) is 0. The van der Waals surface area contributed by atoms with Crippen LogP contribution in [0.25, 0.3) is 11.2 Å². The number of aliphatic hydroxyl groups is 2. The van der Waals surface area contributed by atoms with E-state index in [1.807, 2.05) is 0 Å². The topological polar surface area (TPSA) is 136 Å². The number of ketones is 1. The highest BCUT2D eigenvalue weighted by atomic mass is 16.6. The molecule has 0 saturated carbocycles. The van der Waals surface area contributed by atoms with Crippen molar-refractivity contribution in [2.45, 2.75) is 37.9 Å². The van der Waals surface area contributed by atoms with Crippen molar-refractivity contribution in [3.05, 3.63) is 12.7 Å². The van der Waals surface area contributed by atoms with Crippen LogP contribution in [0.3, 0.4) is 0 Å². The number of hydrogen-bond acceptors (Lipinski definition) is 8. The maximum Gasteiger partial charge on any atom is 0.167 e. The average Bonchev–Trinajstić information content (AvgIpc) is 3.02. The molecular formula is C12H15N5O4.